The van der Waals surface area contributed by atoms with Crippen LogP contribution >= 0.6 is 0 Å². The van der Waals surface area contributed by atoms with Crippen LogP contribution in [0.25, 0.3) is 0 Å². The summed E-state index contributed by atoms with van der Waals surface area (Å²) >= 11 is 0. The molecular weight excluding hydrogens is 362 g/mol. The van der Waals surface area contributed by atoms with E-state index >= 15 is 0 Å². The molecule has 0 radical (unpaired) electrons. The zero-order valence-corrected chi connectivity index (χ0v) is 17.7. The number of hydrogen-bond donors (Lipinski definition) is 2. The molecule has 0 spiro atoms. The number of fused-ring (bicyclic) bond motifs is 2. The second kappa shape index (κ2) is 8.36. The first-order valence-electron chi connectivity index (χ1n) is 10.3. The Labute approximate surface area is 173 Å². The number of rotatable bonds is 6. The lowest BCUT2D eigenvalue weighted by molar-refractivity contribution is -0.119. The highest BCUT2D eigenvalue weighted by atomic mass is 16.2. The van der Waals surface area contributed by atoms with Crippen molar-refractivity contribution >= 4 is 11.8 Å². The molecule has 2 atom stereocenters. The fraction of sp³-hybridized carbons (Fsp3) is 0.458. The highest BCUT2D eigenvalue weighted by molar-refractivity contribution is 5.96. The maximum atomic E-state index is 12.8. The van der Waals surface area contributed by atoms with Crippen molar-refractivity contribution in [1.29, 1.82) is 0 Å². The van der Waals surface area contributed by atoms with Crippen molar-refractivity contribution in [2.75, 3.05) is 0 Å². The first-order valence-corrected chi connectivity index (χ1v) is 10.3. The molecule has 29 heavy (non-hydrogen) atoms. The number of carbonyl (C=O) groups excluding carboxylic acids is 2. The van der Waals surface area contributed by atoms with E-state index in [0.29, 0.717) is 11.1 Å². The monoisotopic (exact) mass is 393 g/mol. The number of carbonyl (C=O) groups is 2. The van der Waals surface area contributed by atoms with Crippen LogP contribution in [0.3, 0.4) is 0 Å². The van der Waals surface area contributed by atoms with Crippen LogP contribution in [0.1, 0.15) is 68.3 Å². The predicted molar refractivity (Wildman–Crippen MR) is 115 cm³/mol. The van der Waals surface area contributed by atoms with Crippen LogP contribution < -0.4 is 10.6 Å². The lowest BCUT2D eigenvalue weighted by Gasteiger charge is -2.40. The summed E-state index contributed by atoms with van der Waals surface area (Å²) in [5.74, 6) is -0.213. The molecule has 2 amide bonds. The minimum atomic E-state index is -0.263. The molecule has 2 saturated carbocycles. The Hall–Kier alpha value is -2.69. The lowest BCUT2D eigenvalue weighted by atomic mass is 9.78. The van der Waals surface area contributed by atoms with Gasteiger partial charge in [-0.2, -0.15) is 0 Å². The molecule has 2 fully saturated rings. The smallest absolute Gasteiger partial charge is 0.253 e. The van der Waals surface area contributed by atoms with Crippen LogP contribution in [0.4, 0.5) is 0 Å². The van der Waals surface area contributed by atoms with Crippen LogP contribution in [-0.2, 0) is 4.79 Å². The van der Waals surface area contributed by atoms with E-state index in [2.05, 4.69) is 22.2 Å². The Kier molecular flexibility index (Phi) is 6.06. The average molecular weight is 394 g/mol. The molecule has 1 aromatic heterocycles. The van der Waals surface area contributed by atoms with E-state index in [1.54, 1.807) is 18.5 Å². The van der Waals surface area contributed by atoms with Crippen molar-refractivity contribution in [3.63, 3.8) is 0 Å². The molecule has 2 N–H and O–H groups in total. The van der Waals surface area contributed by atoms with Gasteiger partial charge in [0.15, 0.2) is 0 Å². The summed E-state index contributed by atoms with van der Waals surface area (Å²) in [6.07, 6.45) is 14.3. The Morgan fingerprint density at radius 3 is 2.45 bits per heavy atom. The Bertz CT molecular complexity index is 882. The number of pyridine rings is 1. The van der Waals surface area contributed by atoms with E-state index in [-0.39, 0.29) is 22.9 Å². The van der Waals surface area contributed by atoms with E-state index in [1.165, 1.54) is 5.57 Å². The predicted octanol–water partition coefficient (Wildman–Crippen LogP) is 4.16. The molecule has 0 aromatic carbocycles. The minimum Gasteiger partial charge on any atom is -0.347 e. The highest BCUT2D eigenvalue weighted by Crippen LogP contribution is 2.48. The van der Waals surface area contributed by atoms with Gasteiger partial charge in [-0.25, -0.2) is 0 Å². The third kappa shape index (κ3) is 5.03. The van der Waals surface area contributed by atoms with Gasteiger partial charge in [0.25, 0.3) is 11.8 Å². The summed E-state index contributed by atoms with van der Waals surface area (Å²) in [5.41, 5.74) is 2.65. The highest BCUT2D eigenvalue weighted by Gasteiger charge is 2.52. The van der Waals surface area contributed by atoms with E-state index < -0.39 is 0 Å². The summed E-state index contributed by atoms with van der Waals surface area (Å²) in [5, 5.41) is 6.50. The number of nitrogens with one attached hydrogen (secondary N) is 2. The molecule has 2 bridgehead atoms. The molecule has 2 unspecified atom stereocenters. The third-order valence-electron chi connectivity index (χ3n) is 5.98. The number of allylic oxidation sites excluding steroid dienone is 3. The second-order valence-electron chi connectivity index (χ2n) is 8.88. The number of aromatic nitrogens is 1. The van der Waals surface area contributed by atoms with E-state index in [0.717, 1.165) is 44.1 Å². The molecule has 5 heteroatoms. The van der Waals surface area contributed by atoms with Crippen LogP contribution in [-0.4, -0.2) is 27.9 Å². The fourth-order valence-corrected chi connectivity index (χ4v) is 4.58. The van der Waals surface area contributed by atoms with Gasteiger partial charge in [0.05, 0.1) is 5.56 Å². The van der Waals surface area contributed by atoms with E-state index in [1.807, 2.05) is 39.0 Å². The van der Waals surface area contributed by atoms with Gasteiger partial charge >= 0.3 is 0 Å². The molecule has 0 saturated heterocycles. The van der Waals surface area contributed by atoms with Gasteiger partial charge in [-0.1, -0.05) is 30.4 Å². The van der Waals surface area contributed by atoms with Crippen molar-refractivity contribution < 1.29 is 9.59 Å². The largest absolute Gasteiger partial charge is 0.347 e. The second-order valence-corrected chi connectivity index (χ2v) is 8.88. The fourth-order valence-electron chi connectivity index (χ4n) is 4.58. The molecule has 1 aromatic rings. The van der Waals surface area contributed by atoms with Gasteiger partial charge in [0.1, 0.15) is 0 Å². The first kappa shape index (κ1) is 21.0. The van der Waals surface area contributed by atoms with E-state index in [9.17, 15) is 9.59 Å². The van der Waals surface area contributed by atoms with Crippen molar-refractivity contribution in [3.05, 3.63) is 65.5 Å². The zero-order valence-electron chi connectivity index (χ0n) is 17.7. The van der Waals surface area contributed by atoms with Gasteiger partial charge in [-0.15, -0.1) is 0 Å². The maximum absolute atomic E-state index is 12.8. The van der Waals surface area contributed by atoms with Crippen molar-refractivity contribution in [3.8, 4) is 0 Å². The molecule has 5 nitrogen and oxygen atoms in total. The first-order chi connectivity index (χ1) is 13.7. The topological polar surface area (TPSA) is 71.1 Å². The van der Waals surface area contributed by atoms with E-state index in [4.69, 9.17) is 0 Å². The minimum absolute atomic E-state index is 0.0840. The molecule has 154 valence electrons. The quantitative estimate of drug-likeness (QED) is 0.563. The lowest BCUT2D eigenvalue weighted by Crippen LogP contribution is -2.55. The van der Waals surface area contributed by atoms with Gasteiger partial charge in [0.2, 0.25) is 0 Å². The molecule has 1 heterocycles. The van der Waals surface area contributed by atoms with Gasteiger partial charge in [-0.3, -0.25) is 14.6 Å². The summed E-state index contributed by atoms with van der Waals surface area (Å²) in [4.78, 5) is 29.6. The SMILES string of the molecule is C=C(/C=C\C=C(C)C)C(=O)NC12CCCC(NC(=O)c3cncc(C)c3)(CC1)C2. The Morgan fingerprint density at radius 2 is 1.79 bits per heavy atom. The average Bonchev–Trinajstić information content (AvgIpc) is 2.91. The van der Waals surface area contributed by atoms with Gasteiger partial charge in [0, 0.05) is 29.0 Å². The Morgan fingerprint density at radius 1 is 1.10 bits per heavy atom. The Balaban J connectivity index is 1.66. The molecular formula is C24H31N3O2. The van der Waals surface area contributed by atoms with Crippen LogP contribution in [0, 0.1) is 6.92 Å². The molecule has 2 aliphatic rings. The van der Waals surface area contributed by atoms with Crippen LogP contribution in [0.2, 0.25) is 0 Å². The number of amides is 2. The summed E-state index contributed by atoms with van der Waals surface area (Å²) in [6.45, 7) is 9.85. The van der Waals surface area contributed by atoms with Crippen LogP contribution in [0.5, 0.6) is 0 Å². The normalized spacial score (nSPS) is 25.5. The standard InChI is InChI=1S/C24H31N3O2/c1-17(2)7-5-8-19(4)21(28)26-23-9-6-10-24(16-23,12-11-23)27-22(29)20-13-18(3)14-25-15-20/h5,7-8,13-15H,4,6,9-12,16H2,1-3H3,(H,26,28)(H,27,29)/b8-5-. The molecule has 2 aliphatic carbocycles. The number of nitrogens with zero attached hydrogens (tertiary/aromatic N) is 1. The van der Waals surface area contributed by atoms with Gasteiger partial charge in [-0.05, 0) is 70.9 Å². The number of aryl methyl sites for hydroxylation is 1. The third-order valence-corrected chi connectivity index (χ3v) is 5.98. The van der Waals surface area contributed by atoms with Crippen molar-refractivity contribution in [2.45, 2.75) is 70.4 Å². The van der Waals surface area contributed by atoms with Crippen LogP contribution in [0.15, 0.2) is 54.4 Å². The maximum Gasteiger partial charge on any atom is 0.253 e. The zero-order chi connectivity index (χ0) is 21.1. The summed E-state index contributed by atoms with van der Waals surface area (Å²) < 4.78 is 0. The summed E-state index contributed by atoms with van der Waals surface area (Å²) in [7, 11) is 0. The number of hydrogen-bond acceptors (Lipinski definition) is 3. The van der Waals surface area contributed by atoms with Gasteiger partial charge < -0.3 is 10.6 Å². The van der Waals surface area contributed by atoms with Crippen molar-refractivity contribution in [2.24, 2.45) is 0 Å². The molecule has 0 aliphatic heterocycles. The van der Waals surface area contributed by atoms with Crippen molar-refractivity contribution in [1.82, 2.24) is 15.6 Å². The summed E-state index contributed by atoms with van der Waals surface area (Å²) in [6, 6.07) is 1.86. The molecule has 3 rings (SSSR count).